The number of amides is 1. The molecule has 0 aliphatic carbocycles. The minimum atomic E-state index is -0.0195. The first-order chi connectivity index (χ1) is 10.1. The number of ether oxygens (including phenoxy) is 1. The Morgan fingerprint density at radius 3 is 2.86 bits per heavy atom. The number of nitrogens with zero attached hydrogens (tertiary/aromatic N) is 1. The summed E-state index contributed by atoms with van der Waals surface area (Å²) in [7, 11) is 5.11. The van der Waals surface area contributed by atoms with E-state index in [0.717, 1.165) is 11.1 Å². The molecule has 0 spiro atoms. The van der Waals surface area contributed by atoms with Crippen molar-refractivity contribution >= 4 is 5.91 Å². The molecular formula is C16H22N2O3. The van der Waals surface area contributed by atoms with E-state index in [2.05, 4.69) is 17.2 Å². The summed E-state index contributed by atoms with van der Waals surface area (Å²) in [6.07, 6.45) is 0.434. The average molecular weight is 290 g/mol. The first kappa shape index (κ1) is 17.0. The number of carbonyl (C=O) groups excluding carboxylic acids is 1. The number of aliphatic hydroxyl groups excluding tert-OH is 1. The zero-order valence-electron chi connectivity index (χ0n) is 12.8. The van der Waals surface area contributed by atoms with Gasteiger partial charge in [0.1, 0.15) is 5.75 Å². The van der Waals surface area contributed by atoms with E-state index in [4.69, 9.17) is 9.84 Å². The Morgan fingerprint density at radius 1 is 1.48 bits per heavy atom. The van der Waals surface area contributed by atoms with E-state index in [9.17, 15) is 4.79 Å². The van der Waals surface area contributed by atoms with Crippen molar-refractivity contribution in [2.45, 2.75) is 13.0 Å². The molecule has 1 rings (SSSR count). The monoisotopic (exact) mass is 290 g/mol. The van der Waals surface area contributed by atoms with Crippen molar-refractivity contribution in [2.24, 2.45) is 0 Å². The molecule has 1 aromatic rings. The van der Waals surface area contributed by atoms with E-state index in [1.807, 2.05) is 30.1 Å². The number of rotatable bonds is 6. The Hall–Kier alpha value is -2.03. The molecule has 0 unspecified atom stereocenters. The number of methoxy groups -OCH3 is 1. The predicted molar refractivity (Wildman–Crippen MR) is 82.0 cm³/mol. The first-order valence-electron chi connectivity index (χ1n) is 6.76. The number of benzene rings is 1. The molecule has 0 heterocycles. The van der Waals surface area contributed by atoms with Crippen molar-refractivity contribution in [1.82, 2.24) is 10.2 Å². The molecule has 0 atom stereocenters. The lowest BCUT2D eigenvalue weighted by molar-refractivity contribution is -0.121. The summed E-state index contributed by atoms with van der Waals surface area (Å²) in [5.41, 5.74) is 1.84. The molecule has 0 fully saturated rings. The van der Waals surface area contributed by atoms with Gasteiger partial charge in [0.2, 0.25) is 5.91 Å². The van der Waals surface area contributed by atoms with Gasteiger partial charge in [0.15, 0.2) is 0 Å². The highest BCUT2D eigenvalue weighted by Crippen LogP contribution is 2.19. The minimum Gasteiger partial charge on any atom is -0.495 e. The van der Waals surface area contributed by atoms with E-state index < -0.39 is 0 Å². The zero-order valence-corrected chi connectivity index (χ0v) is 12.8. The average Bonchev–Trinajstić information content (AvgIpc) is 2.47. The Bertz CT molecular complexity index is 532. The third kappa shape index (κ3) is 5.86. The Morgan fingerprint density at radius 2 is 2.24 bits per heavy atom. The summed E-state index contributed by atoms with van der Waals surface area (Å²) in [5, 5.41) is 11.4. The predicted octanol–water partition coefficient (Wildman–Crippen LogP) is 0.607. The van der Waals surface area contributed by atoms with Crippen LogP contribution in [0, 0.1) is 11.8 Å². The molecule has 1 amide bonds. The minimum absolute atomic E-state index is 0.0195. The molecule has 21 heavy (non-hydrogen) atoms. The number of nitrogens with one attached hydrogen (secondary N) is 1. The van der Waals surface area contributed by atoms with Crippen molar-refractivity contribution in [1.29, 1.82) is 0 Å². The lowest BCUT2D eigenvalue weighted by Gasteiger charge is -2.16. The van der Waals surface area contributed by atoms with Gasteiger partial charge in [-0.3, -0.25) is 9.69 Å². The number of hydrogen-bond acceptors (Lipinski definition) is 4. The van der Waals surface area contributed by atoms with Gasteiger partial charge in [0, 0.05) is 20.0 Å². The van der Waals surface area contributed by atoms with Crippen LogP contribution < -0.4 is 10.1 Å². The summed E-state index contributed by atoms with van der Waals surface area (Å²) < 4.78 is 5.28. The summed E-state index contributed by atoms with van der Waals surface area (Å²) >= 11 is 0. The fourth-order valence-electron chi connectivity index (χ4n) is 1.86. The van der Waals surface area contributed by atoms with Gasteiger partial charge >= 0.3 is 0 Å². The van der Waals surface area contributed by atoms with Crippen LogP contribution in [0.1, 0.15) is 17.5 Å². The largest absolute Gasteiger partial charge is 0.495 e. The second kappa shape index (κ2) is 9.01. The number of hydrogen-bond donors (Lipinski definition) is 2. The van der Waals surface area contributed by atoms with Crippen molar-refractivity contribution in [2.75, 3.05) is 34.4 Å². The molecule has 5 nitrogen and oxygen atoms in total. The third-order valence-electron chi connectivity index (χ3n) is 2.87. The molecule has 5 heteroatoms. The fourth-order valence-corrected chi connectivity index (χ4v) is 1.86. The van der Waals surface area contributed by atoms with Crippen LogP contribution in [-0.2, 0) is 11.3 Å². The van der Waals surface area contributed by atoms with Crippen LogP contribution in [0.2, 0.25) is 0 Å². The molecule has 0 aromatic heterocycles. The lowest BCUT2D eigenvalue weighted by atomic mass is 10.1. The molecule has 0 radical (unpaired) electrons. The van der Waals surface area contributed by atoms with Crippen molar-refractivity contribution in [3.63, 3.8) is 0 Å². The van der Waals surface area contributed by atoms with Gasteiger partial charge in [-0.25, -0.2) is 0 Å². The Labute approximate surface area is 125 Å². The Balaban J connectivity index is 2.82. The van der Waals surface area contributed by atoms with Gasteiger partial charge < -0.3 is 15.2 Å². The van der Waals surface area contributed by atoms with E-state index in [1.165, 1.54) is 0 Å². The van der Waals surface area contributed by atoms with Crippen LogP contribution >= 0.6 is 0 Å². The normalized spacial score (nSPS) is 9.95. The number of carbonyl (C=O) groups is 1. The van der Waals surface area contributed by atoms with Gasteiger partial charge in [0.25, 0.3) is 0 Å². The highest BCUT2D eigenvalue weighted by atomic mass is 16.5. The second-order valence-corrected chi connectivity index (χ2v) is 4.66. The molecule has 2 N–H and O–H groups in total. The highest BCUT2D eigenvalue weighted by molar-refractivity contribution is 5.77. The molecule has 114 valence electrons. The van der Waals surface area contributed by atoms with Gasteiger partial charge in [-0.05, 0) is 24.7 Å². The smallest absolute Gasteiger partial charge is 0.233 e. The van der Waals surface area contributed by atoms with E-state index in [0.29, 0.717) is 25.3 Å². The van der Waals surface area contributed by atoms with Gasteiger partial charge in [-0.2, -0.15) is 0 Å². The van der Waals surface area contributed by atoms with E-state index in [-0.39, 0.29) is 12.5 Å². The fraction of sp³-hybridized carbons (Fsp3) is 0.438. The maximum Gasteiger partial charge on any atom is 0.233 e. The third-order valence-corrected chi connectivity index (χ3v) is 2.87. The maximum absolute atomic E-state index is 11.3. The first-order valence-corrected chi connectivity index (χ1v) is 6.76. The maximum atomic E-state index is 11.3. The highest BCUT2D eigenvalue weighted by Gasteiger charge is 2.07. The molecule has 0 saturated carbocycles. The van der Waals surface area contributed by atoms with Crippen LogP contribution in [-0.4, -0.2) is 50.3 Å². The second-order valence-electron chi connectivity index (χ2n) is 4.66. The number of likely N-dealkylation sites (N-methyl/N-ethyl adjacent to an activating group) is 2. The summed E-state index contributed by atoms with van der Waals surface area (Å²) in [5.74, 6) is 6.58. The molecule has 0 aliphatic heterocycles. The van der Waals surface area contributed by atoms with Crippen molar-refractivity contribution < 1.29 is 14.6 Å². The molecular weight excluding hydrogens is 268 g/mol. The molecule has 0 aliphatic rings. The SMILES string of the molecule is CNC(=O)CN(C)Cc1ccc(OC)c(C#CCCO)c1. The van der Waals surface area contributed by atoms with Crippen LogP contribution in [0.25, 0.3) is 0 Å². The van der Waals surface area contributed by atoms with Crippen molar-refractivity contribution in [3.8, 4) is 17.6 Å². The molecule has 1 aromatic carbocycles. The van der Waals surface area contributed by atoms with Gasteiger partial charge in [-0.15, -0.1) is 0 Å². The van der Waals surface area contributed by atoms with Crippen LogP contribution in [0.15, 0.2) is 18.2 Å². The number of aliphatic hydroxyl groups is 1. The molecule has 0 saturated heterocycles. The Kier molecular flexibility index (Phi) is 7.30. The molecule has 0 bridgehead atoms. The van der Waals surface area contributed by atoms with E-state index >= 15 is 0 Å². The standard InChI is InChI=1S/C16H22N2O3/c1-17-16(20)12-18(2)11-13-7-8-15(21-3)14(10-13)6-4-5-9-19/h7-8,10,19H,5,9,11-12H2,1-3H3,(H,17,20). The van der Waals surface area contributed by atoms with Gasteiger partial charge in [0.05, 0.1) is 25.8 Å². The quantitative estimate of drug-likeness (QED) is 0.754. The topological polar surface area (TPSA) is 61.8 Å². The van der Waals surface area contributed by atoms with Crippen LogP contribution in [0.5, 0.6) is 5.75 Å². The lowest BCUT2D eigenvalue weighted by Crippen LogP contribution is -2.32. The zero-order chi connectivity index (χ0) is 15.7. The summed E-state index contributed by atoms with van der Waals surface area (Å²) in [6, 6.07) is 5.77. The van der Waals surface area contributed by atoms with Crippen LogP contribution in [0.4, 0.5) is 0 Å². The summed E-state index contributed by atoms with van der Waals surface area (Å²) in [6.45, 7) is 1.03. The van der Waals surface area contributed by atoms with Crippen molar-refractivity contribution in [3.05, 3.63) is 29.3 Å². The van der Waals surface area contributed by atoms with Crippen LogP contribution in [0.3, 0.4) is 0 Å². The van der Waals surface area contributed by atoms with E-state index in [1.54, 1.807) is 14.2 Å². The van der Waals surface area contributed by atoms with Gasteiger partial charge in [-0.1, -0.05) is 17.9 Å². The summed E-state index contributed by atoms with van der Waals surface area (Å²) in [4.78, 5) is 13.3.